The summed E-state index contributed by atoms with van der Waals surface area (Å²) in [6.07, 6.45) is -4.19. The molecule has 1 unspecified atom stereocenters. The Bertz CT molecular complexity index is 293. The van der Waals surface area contributed by atoms with Gasteiger partial charge in [0.1, 0.15) is 24.4 Å². The number of Topliss-reactive ketones (excluding diaryl/α,β-unsaturated/α-hetero) is 2. The van der Waals surface area contributed by atoms with Crippen molar-refractivity contribution >= 4 is 11.6 Å². The standard InChI is InChI=1S/C10H17NO6/c1-3-5(13)8(15)7(11-2)10(17)9(16)6(14)4-12/h3,5-7,9,11-14,16H,1,4H2,2H3/t5?,6-,7+,9-/m1/s1. The molecule has 17 heavy (non-hydrogen) atoms. The van der Waals surface area contributed by atoms with Gasteiger partial charge in [-0.3, -0.25) is 9.59 Å². The number of rotatable bonds is 8. The summed E-state index contributed by atoms with van der Waals surface area (Å²) < 4.78 is 0. The Kier molecular flexibility index (Phi) is 6.78. The molecule has 0 spiro atoms. The third-order valence-corrected chi connectivity index (χ3v) is 2.22. The SMILES string of the molecule is C=CC(O)C(=O)[C@H](NC)C(=O)[C@H](O)[C@H](O)CO. The molecule has 0 radical (unpaired) electrons. The quantitative estimate of drug-likeness (QED) is 0.228. The van der Waals surface area contributed by atoms with Crippen molar-refractivity contribution in [1.29, 1.82) is 0 Å². The normalized spacial score (nSPS) is 17.9. The maximum absolute atomic E-state index is 11.6. The number of aliphatic hydroxyl groups is 4. The van der Waals surface area contributed by atoms with Gasteiger partial charge in [0.05, 0.1) is 6.61 Å². The van der Waals surface area contributed by atoms with Crippen LogP contribution in [0.4, 0.5) is 0 Å². The first-order chi connectivity index (χ1) is 7.90. The van der Waals surface area contributed by atoms with Crippen molar-refractivity contribution in [3.8, 4) is 0 Å². The van der Waals surface area contributed by atoms with E-state index in [9.17, 15) is 19.8 Å². The smallest absolute Gasteiger partial charge is 0.189 e. The Morgan fingerprint density at radius 2 is 1.82 bits per heavy atom. The molecule has 0 saturated heterocycles. The van der Waals surface area contributed by atoms with Crippen LogP contribution in [0.1, 0.15) is 0 Å². The summed E-state index contributed by atoms with van der Waals surface area (Å²) in [5.41, 5.74) is 0. The van der Waals surface area contributed by atoms with E-state index in [4.69, 9.17) is 10.2 Å². The van der Waals surface area contributed by atoms with Gasteiger partial charge in [0.25, 0.3) is 0 Å². The first kappa shape index (κ1) is 15.9. The van der Waals surface area contributed by atoms with Gasteiger partial charge in [0.15, 0.2) is 11.6 Å². The number of carbonyl (C=O) groups excluding carboxylic acids is 2. The minimum Gasteiger partial charge on any atom is -0.394 e. The lowest BCUT2D eigenvalue weighted by atomic mass is 9.97. The highest BCUT2D eigenvalue weighted by atomic mass is 16.4. The highest BCUT2D eigenvalue weighted by molar-refractivity contribution is 6.10. The number of nitrogens with one attached hydrogen (secondary N) is 1. The van der Waals surface area contributed by atoms with E-state index >= 15 is 0 Å². The van der Waals surface area contributed by atoms with E-state index in [-0.39, 0.29) is 0 Å². The lowest BCUT2D eigenvalue weighted by Gasteiger charge is -2.21. The maximum atomic E-state index is 11.6. The molecule has 0 heterocycles. The average molecular weight is 247 g/mol. The van der Waals surface area contributed by atoms with Crippen molar-refractivity contribution in [1.82, 2.24) is 5.32 Å². The molecule has 0 aliphatic rings. The molecule has 0 aliphatic carbocycles. The molecular formula is C10H17NO6. The zero-order chi connectivity index (χ0) is 13.6. The lowest BCUT2D eigenvalue weighted by molar-refractivity contribution is -0.142. The van der Waals surface area contributed by atoms with Crippen LogP contribution >= 0.6 is 0 Å². The van der Waals surface area contributed by atoms with Crippen molar-refractivity contribution in [2.45, 2.75) is 24.4 Å². The van der Waals surface area contributed by atoms with Crippen LogP contribution in [0.25, 0.3) is 0 Å². The van der Waals surface area contributed by atoms with Gasteiger partial charge in [-0.25, -0.2) is 0 Å². The minimum atomic E-state index is -1.90. The molecule has 0 aliphatic heterocycles. The minimum absolute atomic E-state index is 0.818. The molecule has 7 heteroatoms. The van der Waals surface area contributed by atoms with Crippen LogP contribution < -0.4 is 5.32 Å². The van der Waals surface area contributed by atoms with Gasteiger partial charge in [0, 0.05) is 0 Å². The van der Waals surface area contributed by atoms with E-state index in [0.29, 0.717) is 0 Å². The molecule has 5 N–H and O–H groups in total. The number of likely N-dealkylation sites (N-methyl/N-ethyl adjacent to an activating group) is 1. The van der Waals surface area contributed by atoms with Gasteiger partial charge in [-0.1, -0.05) is 6.08 Å². The van der Waals surface area contributed by atoms with Crippen molar-refractivity contribution in [3.63, 3.8) is 0 Å². The first-order valence-electron chi connectivity index (χ1n) is 4.93. The third-order valence-electron chi connectivity index (χ3n) is 2.22. The Morgan fingerprint density at radius 1 is 1.29 bits per heavy atom. The summed E-state index contributed by atoms with van der Waals surface area (Å²) in [5, 5.41) is 38.5. The Hall–Kier alpha value is -1.12. The zero-order valence-electron chi connectivity index (χ0n) is 9.41. The highest BCUT2D eigenvalue weighted by Crippen LogP contribution is 2.03. The second kappa shape index (κ2) is 7.25. The van der Waals surface area contributed by atoms with E-state index in [1.807, 2.05) is 0 Å². The lowest BCUT2D eigenvalue weighted by Crippen LogP contribution is -2.53. The second-order valence-electron chi connectivity index (χ2n) is 3.40. The van der Waals surface area contributed by atoms with Crippen LogP contribution in [0.5, 0.6) is 0 Å². The van der Waals surface area contributed by atoms with Crippen LogP contribution in [0.3, 0.4) is 0 Å². The Labute approximate surface area is 98.4 Å². The van der Waals surface area contributed by atoms with Crippen LogP contribution in [-0.4, -0.2) is 70.0 Å². The summed E-state index contributed by atoms with van der Waals surface area (Å²) in [6, 6.07) is -1.47. The van der Waals surface area contributed by atoms with Gasteiger partial charge in [-0.2, -0.15) is 0 Å². The molecule has 0 bridgehead atoms. The van der Waals surface area contributed by atoms with Crippen LogP contribution in [0.2, 0.25) is 0 Å². The number of hydrogen-bond acceptors (Lipinski definition) is 7. The first-order valence-corrected chi connectivity index (χ1v) is 4.93. The predicted octanol–water partition coefficient (Wildman–Crippen LogP) is -3.03. The molecule has 0 aromatic heterocycles. The van der Waals surface area contributed by atoms with E-state index in [2.05, 4.69) is 11.9 Å². The zero-order valence-corrected chi connectivity index (χ0v) is 9.41. The molecule has 0 fully saturated rings. The van der Waals surface area contributed by atoms with Crippen molar-refractivity contribution in [2.24, 2.45) is 0 Å². The summed E-state index contributed by atoms with van der Waals surface area (Å²) >= 11 is 0. The van der Waals surface area contributed by atoms with Crippen LogP contribution in [-0.2, 0) is 9.59 Å². The van der Waals surface area contributed by atoms with Crippen molar-refractivity contribution in [3.05, 3.63) is 12.7 Å². The largest absolute Gasteiger partial charge is 0.394 e. The Morgan fingerprint density at radius 3 is 2.18 bits per heavy atom. The molecule has 4 atom stereocenters. The third kappa shape index (κ3) is 3.99. The summed E-state index contributed by atoms with van der Waals surface area (Å²) in [5.74, 6) is -1.92. The summed E-state index contributed by atoms with van der Waals surface area (Å²) in [4.78, 5) is 23.1. The molecular weight excluding hydrogens is 230 g/mol. The fraction of sp³-hybridized carbons (Fsp3) is 0.600. The van der Waals surface area contributed by atoms with Gasteiger partial charge in [-0.15, -0.1) is 6.58 Å². The Balaban J connectivity index is 4.83. The molecule has 0 aromatic carbocycles. The monoisotopic (exact) mass is 247 g/mol. The van der Waals surface area contributed by atoms with Crippen LogP contribution in [0, 0.1) is 0 Å². The number of aliphatic hydroxyl groups excluding tert-OH is 4. The number of hydrogen-bond donors (Lipinski definition) is 5. The predicted molar refractivity (Wildman–Crippen MR) is 58.2 cm³/mol. The number of carbonyl (C=O) groups is 2. The fourth-order valence-electron chi connectivity index (χ4n) is 1.17. The number of ketones is 2. The molecule has 0 amide bonds. The topological polar surface area (TPSA) is 127 Å². The van der Waals surface area contributed by atoms with E-state index in [1.54, 1.807) is 0 Å². The molecule has 0 saturated carbocycles. The van der Waals surface area contributed by atoms with Gasteiger partial charge < -0.3 is 25.7 Å². The van der Waals surface area contributed by atoms with E-state index in [1.165, 1.54) is 7.05 Å². The molecule has 0 rings (SSSR count). The van der Waals surface area contributed by atoms with Crippen molar-refractivity contribution in [2.75, 3.05) is 13.7 Å². The van der Waals surface area contributed by atoms with Gasteiger partial charge >= 0.3 is 0 Å². The summed E-state index contributed by atoms with van der Waals surface area (Å²) in [7, 11) is 1.29. The summed E-state index contributed by atoms with van der Waals surface area (Å²) in [6.45, 7) is 2.37. The molecule has 0 aromatic rings. The van der Waals surface area contributed by atoms with E-state index < -0.39 is 42.5 Å². The second-order valence-corrected chi connectivity index (χ2v) is 3.40. The fourth-order valence-corrected chi connectivity index (χ4v) is 1.17. The molecule has 98 valence electrons. The molecule has 7 nitrogen and oxygen atoms in total. The van der Waals surface area contributed by atoms with Crippen LogP contribution in [0.15, 0.2) is 12.7 Å². The highest BCUT2D eigenvalue weighted by Gasteiger charge is 2.35. The van der Waals surface area contributed by atoms with Crippen molar-refractivity contribution < 1.29 is 30.0 Å². The maximum Gasteiger partial charge on any atom is 0.189 e. The van der Waals surface area contributed by atoms with Gasteiger partial charge in [0.2, 0.25) is 0 Å². The van der Waals surface area contributed by atoms with Gasteiger partial charge in [-0.05, 0) is 7.05 Å². The van der Waals surface area contributed by atoms with E-state index in [0.717, 1.165) is 6.08 Å². The average Bonchev–Trinajstić information content (AvgIpc) is 2.36.